The van der Waals surface area contributed by atoms with Gasteiger partial charge in [0.25, 0.3) is 11.8 Å². The minimum absolute atomic E-state index is 0.0746. The van der Waals surface area contributed by atoms with E-state index in [2.05, 4.69) is 31.5 Å². The van der Waals surface area contributed by atoms with Crippen molar-refractivity contribution < 1.29 is 27.5 Å². The Balaban J connectivity index is 1.46. The Hall–Kier alpha value is -2.89. The molecule has 2 atom stereocenters. The first-order valence-corrected chi connectivity index (χ1v) is 14.2. The number of anilines is 1. The van der Waals surface area contributed by atoms with E-state index in [0.717, 1.165) is 18.9 Å². The molecule has 3 aromatic rings. The lowest BCUT2D eigenvalue weighted by Crippen LogP contribution is -2.49. The van der Waals surface area contributed by atoms with Crippen molar-refractivity contribution in [1.82, 2.24) is 15.2 Å². The molecule has 1 saturated heterocycles. The highest BCUT2D eigenvalue weighted by molar-refractivity contribution is 9.10. The van der Waals surface area contributed by atoms with Crippen molar-refractivity contribution in [3.05, 3.63) is 68.9 Å². The first kappa shape index (κ1) is 28.6. The van der Waals surface area contributed by atoms with E-state index in [1.807, 2.05) is 0 Å². The summed E-state index contributed by atoms with van der Waals surface area (Å²) >= 11 is 9.25. The second kappa shape index (κ2) is 11.9. The SMILES string of the molecule is O=C(N[C@H]1CCCC[C@H]1Nc1c(C(=O)N2CCOCC2)cc(Br)cc1C(F)(F)F)c1cncc2cc(Cl)ccc12. The zero-order chi connectivity index (χ0) is 28.4. The number of amides is 2. The molecule has 0 unspecified atom stereocenters. The molecule has 2 amide bonds. The molecule has 7 nitrogen and oxygen atoms in total. The number of halogens is 5. The summed E-state index contributed by atoms with van der Waals surface area (Å²) in [7, 11) is 0. The van der Waals surface area contributed by atoms with E-state index >= 15 is 0 Å². The fourth-order valence-corrected chi connectivity index (χ4v) is 5.97. The molecular formula is C28H27BrClF3N4O3. The lowest BCUT2D eigenvalue weighted by atomic mass is 9.89. The second-order valence-corrected chi connectivity index (χ2v) is 11.3. The van der Waals surface area contributed by atoms with Gasteiger partial charge in [-0.2, -0.15) is 13.2 Å². The van der Waals surface area contributed by atoms with Crippen LogP contribution in [-0.2, 0) is 10.9 Å². The van der Waals surface area contributed by atoms with E-state index < -0.39 is 29.7 Å². The van der Waals surface area contributed by atoms with Crippen LogP contribution in [0.5, 0.6) is 0 Å². The zero-order valence-electron chi connectivity index (χ0n) is 21.4. The normalized spacial score (nSPS) is 19.9. The van der Waals surface area contributed by atoms with Crippen LogP contribution in [0.25, 0.3) is 10.8 Å². The number of carbonyl (C=O) groups excluding carboxylic acids is 2. The third kappa shape index (κ3) is 6.21. The zero-order valence-corrected chi connectivity index (χ0v) is 23.7. The number of benzene rings is 2. The minimum atomic E-state index is -4.71. The van der Waals surface area contributed by atoms with E-state index in [1.54, 1.807) is 24.4 Å². The molecule has 2 N–H and O–H groups in total. The van der Waals surface area contributed by atoms with E-state index in [9.17, 15) is 22.8 Å². The van der Waals surface area contributed by atoms with Gasteiger partial charge in [0.1, 0.15) is 0 Å². The van der Waals surface area contributed by atoms with Crippen molar-refractivity contribution in [3.8, 4) is 0 Å². The number of nitrogens with one attached hydrogen (secondary N) is 2. The lowest BCUT2D eigenvalue weighted by molar-refractivity contribution is -0.137. The Labute approximate surface area is 242 Å². The molecule has 40 heavy (non-hydrogen) atoms. The van der Waals surface area contributed by atoms with Crippen LogP contribution < -0.4 is 10.6 Å². The number of hydrogen-bond donors (Lipinski definition) is 2. The topological polar surface area (TPSA) is 83.6 Å². The third-order valence-corrected chi connectivity index (χ3v) is 8.01. The van der Waals surface area contributed by atoms with Crippen LogP contribution in [0.3, 0.4) is 0 Å². The van der Waals surface area contributed by atoms with Crippen LogP contribution in [-0.4, -0.2) is 60.1 Å². The predicted molar refractivity (Wildman–Crippen MR) is 150 cm³/mol. The maximum absolute atomic E-state index is 14.3. The third-order valence-electron chi connectivity index (χ3n) is 7.32. The van der Waals surface area contributed by atoms with E-state index in [4.69, 9.17) is 16.3 Å². The molecule has 212 valence electrons. The maximum atomic E-state index is 14.3. The quantitative estimate of drug-likeness (QED) is 0.343. The molecule has 5 rings (SSSR count). The van der Waals surface area contributed by atoms with Crippen LogP contribution in [0.2, 0.25) is 5.02 Å². The molecule has 1 aromatic heterocycles. The van der Waals surface area contributed by atoms with Crippen LogP contribution >= 0.6 is 27.5 Å². The number of alkyl halides is 3. The molecule has 1 aliphatic carbocycles. The van der Waals surface area contributed by atoms with E-state index in [-0.39, 0.29) is 21.6 Å². The molecule has 1 saturated carbocycles. The van der Waals surface area contributed by atoms with Crippen molar-refractivity contribution in [2.24, 2.45) is 0 Å². The molecule has 2 fully saturated rings. The van der Waals surface area contributed by atoms with Crippen LogP contribution in [0, 0.1) is 0 Å². The van der Waals surface area contributed by atoms with Gasteiger partial charge in [-0.3, -0.25) is 14.6 Å². The Morgan fingerprint density at radius 2 is 1.75 bits per heavy atom. The van der Waals surface area contributed by atoms with Gasteiger partial charge in [0, 0.05) is 52.4 Å². The molecule has 1 aliphatic heterocycles. The Morgan fingerprint density at radius 3 is 2.48 bits per heavy atom. The summed E-state index contributed by atoms with van der Waals surface area (Å²) in [5.41, 5.74) is -0.945. The summed E-state index contributed by atoms with van der Waals surface area (Å²) in [6.45, 7) is 1.22. The highest BCUT2D eigenvalue weighted by atomic mass is 79.9. The van der Waals surface area contributed by atoms with Gasteiger partial charge in [-0.25, -0.2) is 0 Å². The van der Waals surface area contributed by atoms with Gasteiger partial charge in [-0.1, -0.05) is 46.4 Å². The number of carbonyl (C=O) groups is 2. The second-order valence-electron chi connectivity index (χ2n) is 9.95. The summed E-state index contributed by atoms with van der Waals surface area (Å²) in [5, 5.41) is 7.96. The van der Waals surface area contributed by atoms with Gasteiger partial charge in [-0.05, 0) is 42.5 Å². The van der Waals surface area contributed by atoms with Crippen LogP contribution in [0.15, 0.2) is 47.2 Å². The highest BCUT2D eigenvalue weighted by Crippen LogP contribution is 2.40. The summed E-state index contributed by atoms with van der Waals surface area (Å²) in [4.78, 5) is 32.5. The molecule has 0 radical (unpaired) electrons. The number of rotatable bonds is 5. The van der Waals surface area contributed by atoms with Crippen molar-refractivity contribution >= 4 is 55.8 Å². The first-order chi connectivity index (χ1) is 19.1. The largest absolute Gasteiger partial charge is 0.418 e. The van der Waals surface area contributed by atoms with Crippen LogP contribution in [0.4, 0.5) is 18.9 Å². The lowest BCUT2D eigenvalue weighted by Gasteiger charge is -2.35. The van der Waals surface area contributed by atoms with E-state index in [0.29, 0.717) is 60.5 Å². The van der Waals surface area contributed by atoms with Gasteiger partial charge in [0.2, 0.25) is 0 Å². The fraction of sp³-hybridized carbons (Fsp3) is 0.393. The molecule has 2 heterocycles. The molecule has 0 bridgehead atoms. The van der Waals surface area contributed by atoms with Gasteiger partial charge >= 0.3 is 6.18 Å². The van der Waals surface area contributed by atoms with Gasteiger partial charge in [0.15, 0.2) is 0 Å². The van der Waals surface area contributed by atoms with Crippen molar-refractivity contribution in [2.75, 3.05) is 31.6 Å². The predicted octanol–water partition coefficient (Wildman–Crippen LogP) is 6.30. The Kier molecular flexibility index (Phi) is 8.53. The van der Waals surface area contributed by atoms with Crippen LogP contribution in [0.1, 0.15) is 52.0 Å². The molecule has 2 aliphatic rings. The van der Waals surface area contributed by atoms with Gasteiger partial charge in [-0.15, -0.1) is 0 Å². The van der Waals surface area contributed by atoms with Crippen molar-refractivity contribution in [1.29, 1.82) is 0 Å². The first-order valence-electron chi connectivity index (χ1n) is 13.0. The Morgan fingerprint density at radius 1 is 1.02 bits per heavy atom. The summed E-state index contributed by atoms with van der Waals surface area (Å²) in [6.07, 6.45) is 1.02. The number of nitrogens with zero attached hydrogens (tertiary/aromatic N) is 2. The fourth-order valence-electron chi connectivity index (χ4n) is 5.33. The molecular weight excluding hydrogens is 613 g/mol. The highest BCUT2D eigenvalue weighted by Gasteiger charge is 2.39. The summed E-state index contributed by atoms with van der Waals surface area (Å²) in [5.74, 6) is -0.884. The molecule has 2 aromatic carbocycles. The van der Waals surface area contributed by atoms with Crippen molar-refractivity contribution in [3.63, 3.8) is 0 Å². The summed E-state index contributed by atoms with van der Waals surface area (Å²) < 4.78 is 48.3. The monoisotopic (exact) mass is 638 g/mol. The Bertz CT molecular complexity index is 1430. The molecule has 12 heteroatoms. The average Bonchev–Trinajstić information content (AvgIpc) is 2.93. The number of hydrogen-bond acceptors (Lipinski definition) is 5. The maximum Gasteiger partial charge on any atom is 0.418 e. The van der Waals surface area contributed by atoms with Gasteiger partial charge < -0.3 is 20.3 Å². The van der Waals surface area contributed by atoms with Gasteiger partial charge in [0.05, 0.1) is 35.6 Å². The molecule has 0 spiro atoms. The number of morpholine rings is 1. The number of ether oxygens (including phenoxy) is 1. The smallest absolute Gasteiger partial charge is 0.379 e. The number of pyridine rings is 1. The summed E-state index contributed by atoms with van der Waals surface area (Å²) in [6, 6.07) is 6.52. The average molecular weight is 640 g/mol. The minimum Gasteiger partial charge on any atom is -0.379 e. The number of fused-ring (bicyclic) bond motifs is 1. The standard InChI is InChI=1S/C28H27BrClF3N4O3/c29-17-12-20(27(39)37-7-9-40-10-8-37)25(22(13-17)28(31,32)33)35-23-3-1-2-4-24(23)36-26(38)21-15-34-14-16-11-18(30)5-6-19(16)21/h5-6,11-15,23-24,35H,1-4,7-10H2,(H,36,38)/t23-,24+/m1/s1. The van der Waals surface area contributed by atoms with E-state index in [1.165, 1.54) is 17.2 Å². The number of aromatic nitrogens is 1. The van der Waals surface area contributed by atoms with Crippen molar-refractivity contribution in [2.45, 2.75) is 43.9 Å².